The molecule has 0 bridgehead atoms. The second kappa shape index (κ2) is 7.39. The Morgan fingerprint density at radius 2 is 1.86 bits per heavy atom. The Labute approximate surface area is 86.1 Å². The normalized spacial score (nSPS) is 10.1. The number of nitrogens with two attached hydrogens (primary N) is 1. The molecule has 0 aliphatic carbocycles. The molecule has 0 amide bonds. The predicted molar refractivity (Wildman–Crippen MR) is 58.9 cm³/mol. The van der Waals surface area contributed by atoms with Gasteiger partial charge in [-0.1, -0.05) is 31.0 Å². The van der Waals surface area contributed by atoms with Gasteiger partial charge in [0, 0.05) is 6.54 Å². The van der Waals surface area contributed by atoms with Crippen molar-refractivity contribution in [1.29, 1.82) is 0 Å². The molecule has 14 heavy (non-hydrogen) atoms. The van der Waals surface area contributed by atoms with Gasteiger partial charge < -0.3 is 10.5 Å². The van der Waals surface area contributed by atoms with Gasteiger partial charge >= 0.3 is 0 Å². The van der Waals surface area contributed by atoms with E-state index in [9.17, 15) is 0 Å². The van der Waals surface area contributed by atoms with Crippen LogP contribution in [-0.2, 0) is 0 Å². The summed E-state index contributed by atoms with van der Waals surface area (Å²) in [5.74, 6) is 0.956. The fraction of sp³-hybridized carbons (Fsp3) is 0.417. The largest absolute Gasteiger partial charge is 0.494 e. The van der Waals surface area contributed by atoms with Gasteiger partial charge in [0.15, 0.2) is 0 Å². The zero-order valence-corrected chi connectivity index (χ0v) is 8.49. The van der Waals surface area contributed by atoms with Gasteiger partial charge in [-0.05, 0) is 25.0 Å². The summed E-state index contributed by atoms with van der Waals surface area (Å²) in [7, 11) is 0. The van der Waals surface area contributed by atoms with Crippen LogP contribution in [0.4, 0.5) is 0 Å². The molecule has 0 saturated heterocycles. The quantitative estimate of drug-likeness (QED) is 0.674. The van der Waals surface area contributed by atoms with Crippen molar-refractivity contribution < 1.29 is 4.74 Å². The lowest BCUT2D eigenvalue weighted by molar-refractivity contribution is 0.305. The van der Waals surface area contributed by atoms with E-state index >= 15 is 0 Å². The summed E-state index contributed by atoms with van der Waals surface area (Å²) in [4.78, 5) is 0. The molecule has 0 fully saturated rings. The Hall–Kier alpha value is -1.02. The standard InChI is InChI=1S/C12H18NO/c13-10-6-1-2-7-11-14-12-8-4-3-5-9-12/h3-5,8-10H,1-2,6-7,11,13H2. The third-order valence-corrected chi connectivity index (χ3v) is 2.03. The first-order valence-electron chi connectivity index (χ1n) is 5.15. The van der Waals surface area contributed by atoms with Crippen LogP contribution in [0.3, 0.4) is 0 Å². The highest BCUT2D eigenvalue weighted by Crippen LogP contribution is 2.09. The molecule has 1 aromatic rings. The number of ether oxygens (including phenoxy) is 1. The van der Waals surface area contributed by atoms with Gasteiger partial charge in [0.25, 0.3) is 0 Å². The van der Waals surface area contributed by atoms with E-state index in [0.717, 1.165) is 31.6 Å². The summed E-state index contributed by atoms with van der Waals surface area (Å²) in [6.07, 6.45) is 4.45. The molecule has 2 nitrogen and oxygen atoms in total. The lowest BCUT2D eigenvalue weighted by Crippen LogP contribution is -1.97. The summed E-state index contributed by atoms with van der Waals surface area (Å²) in [5.41, 5.74) is 5.28. The Morgan fingerprint density at radius 3 is 2.57 bits per heavy atom. The number of para-hydroxylation sites is 1. The van der Waals surface area contributed by atoms with E-state index in [-0.39, 0.29) is 0 Å². The average molecular weight is 192 g/mol. The Morgan fingerprint density at radius 1 is 1.07 bits per heavy atom. The molecule has 0 saturated carbocycles. The SMILES string of the molecule is N[CH]CCCCCOc1ccccc1. The van der Waals surface area contributed by atoms with Crippen LogP contribution in [0, 0.1) is 6.54 Å². The number of benzene rings is 1. The number of unbranched alkanes of at least 4 members (excludes halogenated alkanes) is 3. The van der Waals surface area contributed by atoms with Gasteiger partial charge in [-0.2, -0.15) is 0 Å². The van der Waals surface area contributed by atoms with Crippen molar-refractivity contribution in [3.63, 3.8) is 0 Å². The first-order chi connectivity index (χ1) is 6.93. The fourth-order valence-corrected chi connectivity index (χ4v) is 1.25. The van der Waals surface area contributed by atoms with E-state index in [1.165, 1.54) is 6.42 Å². The van der Waals surface area contributed by atoms with E-state index in [2.05, 4.69) is 0 Å². The van der Waals surface area contributed by atoms with Crippen molar-refractivity contribution in [3.05, 3.63) is 36.9 Å². The Bertz CT molecular complexity index is 223. The monoisotopic (exact) mass is 192 g/mol. The number of rotatable bonds is 7. The molecule has 1 aromatic carbocycles. The van der Waals surface area contributed by atoms with Crippen molar-refractivity contribution in [2.45, 2.75) is 25.7 Å². The molecule has 0 aliphatic heterocycles. The molecule has 1 rings (SSSR count). The van der Waals surface area contributed by atoms with Gasteiger partial charge in [-0.3, -0.25) is 0 Å². The van der Waals surface area contributed by atoms with Crippen LogP contribution in [0.1, 0.15) is 25.7 Å². The maximum Gasteiger partial charge on any atom is 0.119 e. The zero-order valence-electron chi connectivity index (χ0n) is 8.49. The molecule has 0 spiro atoms. The second-order valence-electron chi connectivity index (χ2n) is 3.25. The zero-order chi connectivity index (χ0) is 10.1. The first kappa shape index (κ1) is 11.1. The van der Waals surface area contributed by atoms with E-state index in [4.69, 9.17) is 10.5 Å². The smallest absolute Gasteiger partial charge is 0.119 e. The van der Waals surface area contributed by atoms with Gasteiger partial charge in [0.1, 0.15) is 5.75 Å². The van der Waals surface area contributed by atoms with Crippen LogP contribution < -0.4 is 10.5 Å². The van der Waals surface area contributed by atoms with Crippen LogP contribution in [0.5, 0.6) is 5.75 Å². The molecule has 1 radical (unpaired) electrons. The molecular formula is C12H18NO. The highest BCUT2D eigenvalue weighted by molar-refractivity contribution is 5.20. The molecular weight excluding hydrogens is 174 g/mol. The maximum atomic E-state index is 5.54. The number of hydrogen-bond donors (Lipinski definition) is 1. The number of hydrogen-bond acceptors (Lipinski definition) is 2. The van der Waals surface area contributed by atoms with Gasteiger partial charge in [-0.15, -0.1) is 0 Å². The summed E-state index contributed by atoms with van der Waals surface area (Å²) in [5, 5.41) is 0. The summed E-state index contributed by atoms with van der Waals surface area (Å²) >= 11 is 0. The van der Waals surface area contributed by atoms with E-state index < -0.39 is 0 Å². The third-order valence-electron chi connectivity index (χ3n) is 2.03. The van der Waals surface area contributed by atoms with Crippen LogP contribution >= 0.6 is 0 Å². The minimum Gasteiger partial charge on any atom is -0.494 e. The average Bonchev–Trinajstić information content (AvgIpc) is 2.25. The second-order valence-corrected chi connectivity index (χ2v) is 3.25. The molecule has 0 heterocycles. The van der Waals surface area contributed by atoms with E-state index in [1.54, 1.807) is 6.54 Å². The molecule has 2 N–H and O–H groups in total. The molecule has 0 unspecified atom stereocenters. The Kier molecular flexibility index (Phi) is 5.84. The third kappa shape index (κ3) is 4.87. The minimum atomic E-state index is 0.800. The molecule has 0 aliphatic rings. The van der Waals surface area contributed by atoms with Crippen molar-refractivity contribution in [3.8, 4) is 5.75 Å². The lowest BCUT2D eigenvalue weighted by Gasteiger charge is -2.04. The highest BCUT2D eigenvalue weighted by Gasteiger charge is 1.92. The highest BCUT2D eigenvalue weighted by atomic mass is 16.5. The summed E-state index contributed by atoms with van der Waals surface area (Å²) in [6.45, 7) is 2.52. The van der Waals surface area contributed by atoms with Crippen molar-refractivity contribution >= 4 is 0 Å². The molecule has 77 valence electrons. The molecule has 0 atom stereocenters. The first-order valence-corrected chi connectivity index (χ1v) is 5.15. The van der Waals surface area contributed by atoms with E-state index in [0.29, 0.717) is 0 Å². The molecule has 2 heteroatoms. The van der Waals surface area contributed by atoms with Gasteiger partial charge in [0.05, 0.1) is 6.61 Å². The predicted octanol–water partition coefficient (Wildman–Crippen LogP) is 2.75. The maximum absolute atomic E-state index is 5.54. The van der Waals surface area contributed by atoms with Crippen molar-refractivity contribution in [1.82, 2.24) is 0 Å². The van der Waals surface area contributed by atoms with Gasteiger partial charge in [-0.25, -0.2) is 0 Å². The summed E-state index contributed by atoms with van der Waals surface area (Å²) < 4.78 is 5.54. The topological polar surface area (TPSA) is 35.2 Å². The van der Waals surface area contributed by atoms with Crippen LogP contribution in [0.15, 0.2) is 30.3 Å². The van der Waals surface area contributed by atoms with Gasteiger partial charge in [0.2, 0.25) is 0 Å². The van der Waals surface area contributed by atoms with Crippen LogP contribution in [-0.4, -0.2) is 6.61 Å². The van der Waals surface area contributed by atoms with Crippen LogP contribution in [0.25, 0.3) is 0 Å². The van der Waals surface area contributed by atoms with E-state index in [1.807, 2.05) is 30.3 Å². The van der Waals surface area contributed by atoms with Crippen molar-refractivity contribution in [2.24, 2.45) is 5.73 Å². The Balaban J connectivity index is 1.99. The lowest BCUT2D eigenvalue weighted by atomic mass is 10.2. The minimum absolute atomic E-state index is 0.800. The summed E-state index contributed by atoms with van der Waals surface area (Å²) in [6, 6.07) is 9.92. The van der Waals surface area contributed by atoms with Crippen molar-refractivity contribution in [2.75, 3.05) is 6.61 Å². The van der Waals surface area contributed by atoms with Crippen LogP contribution in [0.2, 0.25) is 0 Å². The molecule has 0 aromatic heterocycles. The fourth-order valence-electron chi connectivity index (χ4n) is 1.25.